The van der Waals surface area contributed by atoms with E-state index in [9.17, 15) is 4.79 Å². The van der Waals surface area contributed by atoms with Crippen molar-refractivity contribution in [3.63, 3.8) is 0 Å². The molecule has 2 aromatic heterocycles. The lowest BCUT2D eigenvalue weighted by Gasteiger charge is -2.58. The van der Waals surface area contributed by atoms with Gasteiger partial charge in [0.1, 0.15) is 6.10 Å². The van der Waals surface area contributed by atoms with E-state index in [2.05, 4.69) is 24.0 Å². The standard InChI is InChI=1S/C18H22N2O5/c1-18(2)15-11(5-3-10-23-15)16(18)24-14(21)8-7-13-19-17(20-25-13)12-6-4-9-22-12/h4,6,9,11,15-16H,3,5,7-8,10H2,1-2H3/t11-,15+,16-/m0/s1. The number of ether oxygens (including phenoxy) is 2. The van der Waals surface area contributed by atoms with Crippen LogP contribution in [0.1, 0.15) is 39.0 Å². The van der Waals surface area contributed by atoms with Gasteiger partial charge in [0.25, 0.3) is 0 Å². The third-order valence-corrected chi connectivity index (χ3v) is 5.23. The van der Waals surface area contributed by atoms with Crippen molar-refractivity contribution in [1.82, 2.24) is 10.1 Å². The van der Waals surface area contributed by atoms with Crippen LogP contribution in [-0.2, 0) is 20.7 Å². The summed E-state index contributed by atoms with van der Waals surface area (Å²) in [7, 11) is 0. The molecular formula is C18H22N2O5. The largest absolute Gasteiger partial charge is 0.461 e. The van der Waals surface area contributed by atoms with E-state index in [0.717, 1.165) is 19.4 Å². The van der Waals surface area contributed by atoms with E-state index in [1.54, 1.807) is 18.4 Å². The summed E-state index contributed by atoms with van der Waals surface area (Å²) in [6.07, 6.45) is 4.32. The summed E-state index contributed by atoms with van der Waals surface area (Å²) in [4.78, 5) is 16.5. The first-order chi connectivity index (χ1) is 12.1. The highest BCUT2D eigenvalue weighted by molar-refractivity contribution is 5.70. The minimum atomic E-state index is -0.236. The van der Waals surface area contributed by atoms with Crippen molar-refractivity contribution in [3.05, 3.63) is 24.3 Å². The summed E-state index contributed by atoms with van der Waals surface area (Å²) in [6, 6.07) is 3.51. The topological polar surface area (TPSA) is 87.6 Å². The van der Waals surface area contributed by atoms with E-state index < -0.39 is 0 Å². The second-order valence-electron chi connectivity index (χ2n) is 7.32. The number of hydrogen-bond acceptors (Lipinski definition) is 7. The third kappa shape index (κ3) is 2.97. The van der Waals surface area contributed by atoms with E-state index in [1.807, 2.05) is 0 Å². The number of carbonyl (C=O) groups is 1. The molecule has 7 nitrogen and oxygen atoms in total. The molecule has 0 amide bonds. The first kappa shape index (κ1) is 16.3. The van der Waals surface area contributed by atoms with E-state index in [1.165, 1.54) is 0 Å². The Morgan fingerprint density at radius 3 is 3.12 bits per heavy atom. The maximum absolute atomic E-state index is 12.2. The molecule has 3 heterocycles. The molecule has 0 N–H and O–H groups in total. The molecule has 4 rings (SSSR count). The molecule has 134 valence electrons. The number of nitrogens with zero attached hydrogens (tertiary/aromatic N) is 2. The fraction of sp³-hybridized carbons (Fsp3) is 0.611. The Morgan fingerprint density at radius 2 is 2.32 bits per heavy atom. The highest BCUT2D eigenvalue weighted by Gasteiger charge is 2.60. The molecule has 1 saturated heterocycles. The van der Waals surface area contributed by atoms with Crippen molar-refractivity contribution in [2.75, 3.05) is 6.61 Å². The van der Waals surface area contributed by atoms with Crippen molar-refractivity contribution in [3.8, 4) is 11.6 Å². The van der Waals surface area contributed by atoms with Crippen LogP contribution in [0.3, 0.4) is 0 Å². The summed E-state index contributed by atoms with van der Waals surface area (Å²) in [5.74, 6) is 1.41. The van der Waals surface area contributed by atoms with Crippen LogP contribution in [0, 0.1) is 11.3 Å². The summed E-state index contributed by atoms with van der Waals surface area (Å²) in [5.41, 5.74) is -0.127. The normalized spacial score (nSPS) is 27.4. The van der Waals surface area contributed by atoms with Crippen LogP contribution in [0.4, 0.5) is 0 Å². The monoisotopic (exact) mass is 346 g/mol. The zero-order valence-corrected chi connectivity index (χ0v) is 14.4. The molecule has 25 heavy (non-hydrogen) atoms. The predicted octanol–water partition coefficient (Wildman–Crippen LogP) is 3.01. The van der Waals surface area contributed by atoms with Crippen molar-refractivity contribution in [1.29, 1.82) is 0 Å². The van der Waals surface area contributed by atoms with Gasteiger partial charge < -0.3 is 18.4 Å². The Balaban J connectivity index is 1.31. The Hall–Kier alpha value is -2.15. The maximum Gasteiger partial charge on any atom is 0.306 e. The Labute approximate surface area is 145 Å². The predicted molar refractivity (Wildman–Crippen MR) is 86.4 cm³/mol. The van der Waals surface area contributed by atoms with Crippen molar-refractivity contribution in [2.24, 2.45) is 11.3 Å². The third-order valence-electron chi connectivity index (χ3n) is 5.23. The van der Waals surface area contributed by atoms with Crippen LogP contribution in [-0.4, -0.2) is 34.9 Å². The zero-order chi connectivity index (χ0) is 17.4. The molecule has 0 radical (unpaired) electrons. The van der Waals surface area contributed by atoms with Gasteiger partial charge in [-0.05, 0) is 25.0 Å². The van der Waals surface area contributed by atoms with E-state index in [4.69, 9.17) is 18.4 Å². The fourth-order valence-corrected chi connectivity index (χ4v) is 3.99. The number of carbonyl (C=O) groups excluding carboxylic acids is 1. The molecule has 2 aromatic rings. The lowest BCUT2D eigenvalue weighted by atomic mass is 9.57. The number of esters is 1. The lowest BCUT2D eigenvalue weighted by Crippen LogP contribution is -2.65. The Bertz CT molecular complexity index is 736. The number of fused-ring (bicyclic) bond motifs is 1. The van der Waals surface area contributed by atoms with Gasteiger partial charge in [-0.25, -0.2) is 0 Å². The summed E-state index contributed by atoms with van der Waals surface area (Å²) >= 11 is 0. The fourth-order valence-electron chi connectivity index (χ4n) is 3.99. The number of aryl methyl sites for hydroxylation is 1. The Kier molecular flexibility index (Phi) is 4.11. The lowest BCUT2D eigenvalue weighted by molar-refractivity contribution is -0.254. The van der Waals surface area contributed by atoms with Crippen LogP contribution >= 0.6 is 0 Å². The SMILES string of the molecule is CC1(C)[C@@H]2OCCC[C@@H]2[C@@H]1OC(=O)CCc1nc(-c2ccco2)no1. The second kappa shape index (κ2) is 6.29. The molecule has 0 spiro atoms. The molecule has 1 aliphatic heterocycles. The highest BCUT2D eigenvalue weighted by Crippen LogP contribution is 2.53. The van der Waals surface area contributed by atoms with Gasteiger partial charge in [-0.2, -0.15) is 4.98 Å². The van der Waals surface area contributed by atoms with E-state index >= 15 is 0 Å². The maximum atomic E-state index is 12.2. The van der Waals surface area contributed by atoms with Gasteiger partial charge in [-0.3, -0.25) is 4.79 Å². The summed E-state index contributed by atoms with van der Waals surface area (Å²) in [5, 5.41) is 3.85. The van der Waals surface area contributed by atoms with Crippen LogP contribution in [0.5, 0.6) is 0 Å². The molecule has 0 aromatic carbocycles. The number of rotatable bonds is 5. The van der Waals surface area contributed by atoms with E-state index in [0.29, 0.717) is 29.8 Å². The van der Waals surface area contributed by atoms with Gasteiger partial charge in [0, 0.05) is 24.4 Å². The van der Waals surface area contributed by atoms with Crippen molar-refractivity contribution in [2.45, 2.75) is 51.7 Å². The molecule has 1 saturated carbocycles. The minimum Gasteiger partial charge on any atom is -0.461 e. The number of aromatic nitrogens is 2. The van der Waals surface area contributed by atoms with Gasteiger partial charge >= 0.3 is 5.97 Å². The van der Waals surface area contributed by atoms with Crippen molar-refractivity contribution >= 4 is 5.97 Å². The van der Waals surface area contributed by atoms with Gasteiger partial charge in [0.15, 0.2) is 5.76 Å². The van der Waals surface area contributed by atoms with Crippen LogP contribution in [0.15, 0.2) is 27.3 Å². The Morgan fingerprint density at radius 1 is 1.44 bits per heavy atom. The molecule has 0 bridgehead atoms. The first-order valence-electron chi connectivity index (χ1n) is 8.73. The minimum absolute atomic E-state index is 0.0772. The van der Waals surface area contributed by atoms with Crippen molar-refractivity contribution < 1.29 is 23.2 Å². The molecule has 2 aliphatic rings. The van der Waals surface area contributed by atoms with Gasteiger partial charge in [0.05, 0.1) is 18.8 Å². The average Bonchev–Trinajstić information content (AvgIpc) is 3.29. The number of hydrogen-bond donors (Lipinski definition) is 0. The second-order valence-corrected chi connectivity index (χ2v) is 7.32. The molecule has 7 heteroatoms. The van der Waals surface area contributed by atoms with Crippen LogP contribution in [0.2, 0.25) is 0 Å². The molecule has 1 aliphatic carbocycles. The smallest absolute Gasteiger partial charge is 0.306 e. The number of furan rings is 1. The zero-order valence-electron chi connectivity index (χ0n) is 14.4. The average molecular weight is 346 g/mol. The molecule has 2 fully saturated rings. The molecular weight excluding hydrogens is 324 g/mol. The van der Waals surface area contributed by atoms with E-state index in [-0.39, 0.29) is 30.0 Å². The first-order valence-corrected chi connectivity index (χ1v) is 8.73. The van der Waals surface area contributed by atoms with Crippen LogP contribution < -0.4 is 0 Å². The van der Waals surface area contributed by atoms with Gasteiger partial charge in [-0.15, -0.1) is 0 Å². The van der Waals surface area contributed by atoms with Gasteiger partial charge in [-0.1, -0.05) is 19.0 Å². The summed E-state index contributed by atoms with van der Waals surface area (Å²) < 4.78 is 22.0. The van der Waals surface area contributed by atoms with Crippen LogP contribution in [0.25, 0.3) is 11.6 Å². The molecule has 3 atom stereocenters. The van der Waals surface area contributed by atoms with Gasteiger partial charge in [0.2, 0.25) is 11.7 Å². The highest BCUT2D eigenvalue weighted by atomic mass is 16.6. The molecule has 0 unspecified atom stereocenters. The summed E-state index contributed by atoms with van der Waals surface area (Å²) in [6.45, 7) is 5.01. The quantitative estimate of drug-likeness (QED) is 0.769.